The monoisotopic (exact) mass is 279 g/mol. The van der Waals surface area contributed by atoms with Crippen LogP contribution in [0.2, 0.25) is 0 Å². The van der Waals surface area contributed by atoms with Gasteiger partial charge in [0.05, 0.1) is 0 Å². The number of amides is 2. The van der Waals surface area contributed by atoms with Crippen molar-refractivity contribution in [3.8, 4) is 0 Å². The normalized spacial score (nSPS) is 11.7. The highest BCUT2D eigenvalue weighted by molar-refractivity contribution is 5.85. The molecule has 0 saturated carbocycles. The molecule has 0 aliphatic heterocycles. The van der Waals surface area contributed by atoms with Gasteiger partial charge in [0.2, 0.25) is 5.91 Å². The zero-order valence-electron chi connectivity index (χ0n) is 11.3. The standard InChI is InChI=1S/C14H21N3O3/c15-9-5-4-8-12(17-14(19)20)13(18)16-10-11-6-2-1-3-7-11/h1-3,6-7,12,17H,4-5,8-10,15H2,(H,16,18)(H,19,20). The molecule has 5 N–H and O–H groups in total. The molecule has 110 valence electrons. The van der Waals surface area contributed by atoms with Gasteiger partial charge in [0.1, 0.15) is 6.04 Å². The third-order valence-corrected chi connectivity index (χ3v) is 2.87. The van der Waals surface area contributed by atoms with Crippen molar-refractivity contribution in [1.29, 1.82) is 0 Å². The van der Waals surface area contributed by atoms with Crippen LogP contribution in [-0.4, -0.2) is 29.7 Å². The highest BCUT2D eigenvalue weighted by atomic mass is 16.4. The minimum absolute atomic E-state index is 0.312. The van der Waals surface area contributed by atoms with Crippen LogP contribution in [0.25, 0.3) is 0 Å². The average molecular weight is 279 g/mol. The Balaban J connectivity index is 2.47. The Hall–Kier alpha value is -2.08. The number of hydrogen-bond acceptors (Lipinski definition) is 3. The van der Waals surface area contributed by atoms with Gasteiger partial charge >= 0.3 is 6.09 Å². The molecule has 1 unspecified atom stereocenters. The lowest BCUT2D eigenvalue weighted by atomic mass is 10.1. The molecular weight excluding hydrogens is 258 g/mol. The maximum absolute atomic E-state index is 12.0. The number of hydrogen-bond donors (Lipinski definition) is 4. The molecule has 20 heavy (non-hydrogen) atoms. The summed E-state index contributed by atoms with van der Waals surface area (Å²) in [5, 5.41) is 13.7. The van der Waals surface area contributed by atoms with Gasteiger partial charge in [0.15, 0.2) is 0 Å². The van der Waals surface area contributed by atoms with Crippen LogP contribution < -0.4 is 16.4 Å². The van der Waals surface area contributed by atoms with E-state index in [0.717, 1.165) is 12.0 Å². The second kappa shape index (κ2) is 8.92. The van der Waals surface area contributed by atoms with Gasteiger partial charge < -0.3 is 21.5 Å². The van der Waals surface area contributed by atoms with Crippen molar-refractivity contribution >= 4 is 12.0 Å². The molecule has 0 fully saturated rings. The van der Waals surface area contributed by atoms with Crippen molar-refractivity contribution in [3.63, 3.8) is 0 Å². The van der Waals surface area contributed by atoms with Crippen molar-refractivity contribution in [2.24, 2.45) is 5.73 Å². The van der Waals surface area contributed by atoms with Crippen LogP contribution in [0.4, 0.5) is 4.79 Å². The minimum Gasteiger partial charge on any atom is -0.465 e. The lowest BCUT2D eigenvalue weighted by molar-refractivity contribution is -0.123. The molecule has 6 heteroatoms. The molecule has 1 rings (SSSR count). The number of unbranched alkanes of at least 4 members (excludes halogenated alkanes) is 1. The molecule has 0 aliphatic rings. The van der Waals surface area contributed by atoms with Crippen LogP contribution in [-0.2, 0) is 11.3 Å². The lowest BCUT2D eigenvalue weighted by Crippen LogP contribution is -2.46. The molecule has 6 nitrogen and oxygen atoms in total. The van der Waals surface area contributed by atoms with Crippen molar-refractivity contribution < 1.29 is 14.7 Å². The average Bonchev–Trinajstić information content (AvgIpc) is 2.44. The van der Waals surface area contributed by atoms with E-state index in [1.807, 2.05) is 30.3 Å². The maximum atomic E-state index is 12.0. The number of carbonyl (C=O) groups excluding carboxylic acids is 1. The van der Waals surface area contributed by atoms with Crippen LogP contribution in [0, 0.1) is 0 Å². The van der Waals surface area contributed by atoms with E-state index in [-0.39, 0.29) is 5.91 Å². The highest BCUT2D eigenvalue weighted by Gasteiger charge is 2.19. The van der Waals surface area contributed by atoms with Crippen molar-refractivity contribution in [1.82, 2.24) is 10.6 Å². The molecule has 0 aliphatic carbocycles. The fraction of sp³-hybridized carbons (Fsp3) is 0.429. The molecule has 0 bridgehead atoms. The molecule has 0 aromatic heterocycles. The molecule has 1 aromatic carbocycles. The predicted molar refractivity (Wildman–Crippen MR) is 76.1 cm³/mol. The van der Waals surface area contributed by atoms with Gasteiger partial charge in [-0.05, 0) is 31.4 Å². The van der Waals surface area contributed by atoms with E-state index < -0.39 is 12.1 Å². The second-order valence-electron chi connectivity index (χ2n) is 4.49. The Kier molecular flexibility index (Phi) is 7.13. The van der Waals surface area contributed by atoms with E-state index in [1.54, 1.807) is 0 Å². The van der Waals surface area contributed by atoms with Gasteiger partial charge in [-0.2, -0.15) is 0 Å². The van der Waals surface area contributed by atoms with Crippen molar-refractivity contribution in [3.05, 3.63) is 35.9 Å². The molecule has 2 amide bonds. The third-order valence-electron chi connectivity index (χ3n) is 2.87. The number of nitrogens with one attached hydrogen (secondary N) is 2. The van der Waals surface area contributed by atoms with Crippen molar-refractivity contribution in [2.45, 2.75) is 31.8 Å². The molecule has 0 radical (unpaired) electrons. The summed E-state index contributed by atoms with van der Waals surface area (Å²) in [6.07, 6.45) is 0.728. The number of carbonyl (C=O) groups is 2. The highest BCUT2D eigenvalue weighted by Crippen LogP contribution is 2.02. The summed E-state index contributed by atoms with van der Waals surface area (Å²) in [5.74, 6) is -0.312. The van der Waals surface area contributed by atoms with Gasteiger partial charge in [0, 0.05) is 6.54 Å². The molecule has 0 saturated heterocycles. The topological polar surface area (TPSA) is 104 Å². The number of carboxylic acid groups (broad SMARTS) is 1. The lowest BCUT2D eigenvalue weighted by Gasteiger charge is -2.16. The fourth-order valence-electron chi connectivity index (χ4n) is 1.82. The quantitative estimate of drug-likeness (QED) is 0.534. The second-order valence-corrected chi connectivity index (χ2v) is 4.49. The van der Waals surface area contributed by atoms with Gasteiger partial charge in [-0.1, -0.05) is 30.3 Å². The number of benzene rings is 1. The molecule has 0 spiro atoms. The van der Waals surface area contributed by atoms with Crippen LogP contribution in [0.5, 0.6) is 0 Å². The molecule has 1 aromatic rings. The molecule has 0 heterocycles. The first-order valence-electron chi connectivity index (χ1n) is 6.64. The smallest absolute Gasteiger partial charge is 0.405 e. The summed E-state index contributed by atoms with van der Waals surface area (Å²) < 4.78 is 0. The SMILES string of the molecule is NCCCCC(NC(=O)O)C(=O)NCc1ccccc1. The van der Waals surface area contributed by atoms with Gasteiger partial charge in [-0.15, -0.1) is 0 Å². The number of rotatable bonds is 8. The van der Waals surface area contributed by atoms with Gasteiger partial charge in [-0.25, -0.2) is 4.79 Å². The first-order valence-corrected chi connectivity index (χ1v) is 6.64. The summed E-state index contributed by atoms with van der Waals surface area (Å²) in [6.45, 7) is 0.916. The van der Waals surface area contributed by atoms with E-state index in [2.05, 4.69) is 10.6 Å². The van der Waals surface area contributed by atoms with E-state index in [1.165, 1.54) is 0 Å². The predicted octanol–water partition coefficient (Wildman–Crippen LogP) is 1.07. The molecular formula is C14H21N3O3. The van der Waals surface area contributed by atoms with Crippen LogP contribution in [0.1, 0.15) is 24.8 Å². The Bertz CT molecular complexity index is 423. The maximum Gasteiger partial charge on any atom is 0.405 e. The zero-order valence-corrected chi connectivity index (χ0v) is 11.3. The Morgan fingerprint density at radius 2 is 1.90 bits per heavy atom. The van der Waals surface area contributed by atoms with Crippen molar-refractivity contribution in [2.75, 3.05) is 6.54 Å². The zero-order chi connectivity index (χ0) is 14.8. The van der Waals surface area contributed by atoms with Crippen LogP contribution in [0.3, 0.4) is 0 Å². The fourth-order valence-corrected chi connectivity index (χ4v) is 1.82. The third kappa shape index (κ3) is 6.19. The first kappa shape index (κ1) is 16.0. The summed E-state index contributed by atoms with van der Waals surface area (Å²) >= 11 is 0. The first-order chi connectivity index (χ1) is 9.63. The van der Waals surface area contributed by atoms with E-state index in [4.69, 9.17) is 10.8 Å². The summed E-state index contributed by atoms with van der Waals surface area (Å²) in [4.78, 5) is 22.7. The van der Waals surface area contributed by atoms with E-state index in [0.29, 0.717) is 25.9 Å². The Labute approximate surface area is 118 Å². The summed E-state index contributed by atoms with van der Waals surface area (Å²) in [5.41, 5.74) is 6.36. The van der Waals surface area contributed by atoms with Crippen LogP contribution in [0.15, 0.2) is 30.3 Å². The van der Waals surface area contributed by atoms with Gasteiger partial charge in [0.25, 0.3) is 0 Å². The largest absolute Gasteiger partial charge is 0.465 e. The summed E-state index contributed by atoms with van der Waals surface area (Å²) in [7, 11) is 0. The van der Waals surface area contributed by atoms with Crippen LogP contribution >= 0.6 is 0 Å². The molecule has 1 atom stereocenters. The van der Waals surface area contributed by atoms with E-state index in [9.17, 15) is 9.59 Å². The Morgan fingerprint density at radius 1 is 1.20 bits per heavy atom. The number of nitrogens with two attached hydrogens (primary N) is 1. The minimum atomic E-state index is -1.20. The van der Waals surface area contributed by atoms with Gasteiger partial charge in [-0.3, -0.25) is 4.79 Å². The Morgan fingerprint density at radius 3 is 2.50 bits per heavy atom. The summed E-state index contributed by atoms with van der Waals surface area (Å²) in [6, 6.07) is 8.73. The van der Waals surface area contributed by atoms with E-state index >= 15 is 0 Å².